The molecule has 1 aromatic heterocycles. The lowest BCUT2D eigenvalue weighted by molar-refractivity contribution is 0.102. The van der Waals surface area contributed by atoms with Crippen molar-refractivity contribution in [1.82, 2.24) is 4.98 Å². The van der Waals surface area contributed by atoms with Gasteiger partial charge in [-0.1, -0.05) is 23.7 Å². The number of anilines is 1. The van der Waals surface area contributed by atoms with Gasteiger partial charge in [-0.3, -0.25) is 4.79 Å². The molecule has 0 saturated carbocycles. The topological polar surface area (TPSA) is 60.5 Å². The third-order valence-corrected chi connectivity index (χ3v) is 4.74. The Bertz CT molecular complexity index is 961. The Morgan fingerprint density at radius 2 is 1.96 bits per heavy atom. The maximum absolute atomic E-state index is 13.9. The van der Waals surface area contributed by atoms with Gasteiger partial charge in [0.1, 0.15) is 10.7 Å². The van der Waals surface area contributed by atoms with E-state index in [1.54, 1.807) is 30.7 Å². The molecule has 3 aromatic rings. The number of aromatic nitrogens is 1. The first-order valence-electron chi connectivity index (χ1n) is 7.47. The zero-order valence-corrected chi connectivity index (χ0v) is 15.5. The van der Waals surface area contributed by atoms with Crippen LogP contribution in [0.1, 0.15) is 10.5 Å². The molecule has 0 radical (unpaired) electrons. The predicted molar refractivity (Wildman–Crippen MR) is 100 cm³/mol. The summed E-state index contributed by atoms with van der Waals surface area (Å²) in [5.74, 6) is -0.132. The van der Waals surface area contributed by atoms with Crippen LogP contribution in [0.15, 0.2) is 41.8 Å². The molecule has 0 aliphatic carbocycles. The van der Waals surface area contributed by atoms with Gasteiger partial charge in [0.25, 0.3) is 5.91 Å². The number of rotatable bonds is 5. The van der Waals surface area contributed by atoms with Gasteiger partial charge in [0.15, 0.2) is 17.3 Å². The number of amides is 1. The van der Waals surface area contributed by atoms with E-state index in [0.29, 0.717) is 22.1 Å². The van der Waals surface area contributed by atoms with Crippen LogP contribution in [-0.2, 0) is 0 Å². The molecule has 0 unspecified atom stereocenters. The number of hydrogen-bond donors (Lipinski definition) is 1. The van der Waals surface area contributed by atoms with Crippen molar-refractivity contribution in [1.29, 1.82) is 0 Å². The molecular formula is C18H14ClFN2O3S. The number of thiazole rings is 1. The minimum absolute atomic E-state index is 0.00369. The van der Waals surface area contributed by atoms with E-state index >= 15 is 0 Å². The van der Waals surface area contributed by atoms with Crippen molar-refractivity contribution in [3.63, 3.8) is 0 Å². The second-order valence-electron chi connectivity index (χ2n) is 5.13. The van der Waals surface area contributed by atoms with Crippen LogP contribution in [0, 0.1) is 5.82 Å². The van der Waals surface area contributed by atoms with Gasteiger partial charge in [-0.2, -0.15) is 0 Å². The number of ether oxygens (including phenoxy) is 2. The lowest BCUT2D eigenvalue weighted by Gasteiger charge is -2.10. The van der Waals surface area contributed by atoms with E-state index in [0.717, 1.165) is 0 Å². The largest absolute Gasteiger partial charge is 0.493 e. The lowest BCUT2D eigenvalue weighted by Crippen LogP contribution is -2.13. The van der Waals surface area contributed by atoms with E-state index in [1.807, 2.05) is 6.07 Å². The smallest absolute Gasteiger partial charge is 0.275 e. The highest BCUT2D eigenvalue weighted by atomic mass is 35.5. The number of methoxy groups -OCH3 is 2. The molecule has 0 bridgehead atoms. The molecule has 0 spiro atoms. The first-order valence-corrected chi connectivity index (χ1v) is 8.73. The number of para-hydroxylation sites is 1. The maximum atomic E-state index is 13.9. The number of carbonyl (C=O) groups excluding carboxylic acids is 1. The minimum atomic E-state index is -0.688. The van der Waals surface area contributed by atoms with Crippen molar-refractivity contribution in [2.24, 2.45) is 0 Å². The molecular weight excluding hydrogens is 379 g/mol. The number of nitrogens with one attached hydrogen (secondary N) is 1. The fourth-order valence-electron chi connectivity index (χ4n) is 2.34. The molecule has 0 saturated heterocycles. The molecule has 2 aromatic carbocycles. The average Bonchev–Trinajstić information content (AvgIpc) is 3.14. The molecule has 0 atom stereocenters. The number of hydrogen-bond acceptors (Lipinski definition) is 5. The molecule has 0 aliphatic rings. The van der Waals surface area contributed by atoms with Gasteiger partial charge in [0.05, 0.1) is 30.5 Å². The number of benzene rings is 2. The van der Waals surface area contributed by atoms with Crippen molar-refractivity contribution >= 4 is 34.5 Å². The molecule has 5 nitrogen and oxygen atoms in total. The lowest BCUT2D eigenvalue weighted by atomic mass is 10.2. The fourth-order valence-corrected chi connectivity index (χ4v) is 3.34. The summed E-state index contributed by atoms with van der Waals surface area (Å²) in [4.78, 5) is 16.7. The van der Waals surface area contributed by atoms with E-state index in [9.17, 15) is 9.18 Å². The predicted octanol–water partition coefficient (Wildman–Crippen LogP) is 4.87. The first kappa shape index (κ1) is 18.2. The Morgan fingerprint density at radius 3 is 2.69 bits per heavy atom. The standard InChI is InChI=1S/C18H14ClFN2O3S/c1-24-14-8-3-5-10(16(14)25-2)18-22-13(9-26-18)17(23)21-12-7-4-6-11(19)15(12)20/h3-9H,1-2H3,(H,21,23). The van der Waals surface area contributed by atoms with Crippen molar-refractivity contribution in [2.45, 2.75) is 0 Å². The molecule has 0 aliphatic heterocycles. The second-order valence-corrected chi connectivity index (χ2v) is 6.40. The third-order valence-electron chi connectivity index (χ3n) is 3.57. The summed E-state index contributed by atoms with van der Waals surface area (Å²) >= 11 is 6.99. The second kappa shape index (κ2) is 7.72. The molecule has 1 N–H and O–H groups in total. The molecule has 3 rings (SSSR count). The van der Waals surface area contributed by atoms with Crippen LogP contribution in [0.4, 0.5) is 10.1 Å². The quantitative estimate of drug-likeness (QED) is 0.672. The summed E-state index contributed by atoms with van der Waals surface area (Å²) in [5, 5.41) is 4.58. The van der Waals surface area contributed by atoms with E-state index in [2.05, 4.69) is 10.3 Å². The van der Waals surface area contributed by atoms with E-state index in [4.69, 9.17) is 21.1 Å². The third kappa shape index (κ3) is 3.49. The highest BCUT2D eigenvalue weighted by Crippen LogP contribution is 2.39. The zero-order chi connectivity index (χ0) is 18.7. The monoisotopic (exact) mass is 392 g/mol. The van der Waals surface area contributed by atoms with Crippen LogP contribution in [0.3, 0.4) is 0 Å². The van der Waals surface area contributed by atoms with Crippen molar-refractivity contribution in [3.8, 4) is 22.1 Å². The van der Waals surface area contributed by atoms with E-state index in [1.165, 1.54) is 30.6 Å². The van der Waals surface area contributed by atoms with Crippen LogP contribution in [0.25, 0.3) is 10.6 Å². The van der Waals surface area contributed by atoms with Gasteiger partial charge < -0.3 is 14.8 Å². The van der Waals surface area contributed by atoms with Crippen molar-refractivity contribution < 1.29 is 18.7 Å². The van der Waals surface area contributed by atoms with Crippen LogP contribution < -0.4 is 14.8 Å². The van der Waals surface area contributed by atoms with Gasteiger partial charge >= 0.3 is 0 Å². The zero-order valence-electron chi connectivity index (χ0n) is 13.9. The normalized spacial score (nSPS) is 10.5. The van der Waals surface area contributed by atoms with Crippen LogP contribution in [-0.4, -0.2) is 25.1 Å². The highest BCUT2D eigenvalue weighted by molar-refractivity contribution is 7.13. The Labute approximate surface area is 158 Å². The van der Waals surface area contributed by atoms with E-state index in [-0.39, 0.29) is 16.4 Å². The van der Waals surface area contributed by atoms with Gasteiger partial charge in [-0.05, 0) is 24.3 Å². The van der Waals surface area contributed by atoms with Crippen molar-refractivity contribution in [2.75, 3.05) is 19.5 Å². The highest BCUT2D eigenvalue weighted by Gasteiger charge is 2.18. The Kier molecular flexibility index (Phi) is 5.39. The summed E-state index contributed by atoms with van der Waals surface area (Å²) in [5.41, 5.74) is 0.857. The fraction of sp³-hybridized carbons (Fsp3) is 0.111. The summed E-state index contributed by atoms with van der Waals surface area (Å²) in [6, 6.07) is 9.78. The summed E-state index contributed by atoms with van der Waals surface area (Å²) in [7, 11) is 3.08. The first-order chi connectivity index (χ1) is 12.5. The van der Waals surface area contributed by atoms with Gasteiger partial charge in [0.2, 0.25) is 0 Å². The number of nitrogens with zero attached hydrogens (tertiary/aromatic N) is 1. The molecule has 26 heavy (non-hydrogen) atoms. The molecule has 134 valence electrons. The Morgan fingerprint density at radius 1 is 1.19 bits per heavy atom. The summed E-state index contributed by atoms with van der Waals surface area (Å²) in [6.07, 6.45) is 0. The van der Waals surface area contributed by atoms with Crippen LogP contribution in [0.2, 0.25) is 5.02 Å². The maximum Gasteiger partial charge on any atom is 0.275 e. The van der Waals surface area contributed by atoms with Gasteiger partial charge in [-0.15, -0.1) is 11.3 Å². The van der Waals surface area contributed by atoms with Crippen LogP contribution >= 0.6 is 22.9 Å². The Balaban J connectivity index is 1.88. The molecule has 0 fully saturated rings. The average molecular weight is 393 g/mol. The SMILES string of the molecule is COc1cccc(-c2nc(C(=O)Nc3cccc(Cl)c3F)cs2)c1OC. The summed E-state index contributed by atoms with van der Waals surface area (Å²) in [6.45, 7) is 0. The molecule has 1 heterocycles. The van der Waals surface area contributed by atoms with Crippen molar-refractivity contribution in [3.05, 3.63) is 58.3 Å². The number of halogens is 2. The minimum Gasteiger partial charge on any atom is -0.493 e. The Hall–Kier alpha value is -2.64. The van der Waals surface area contributed by atoms with Gasteiger partial charge in [-0.25, -0.2) is 9.37 Å². The van der Waals surface area contributed by atoms with Crippen LogP contribution in [0.5, 0.6) is 11.5 Å². The van der Waals surface area contributed by atoms with E-state index < -0.39 is 11.7 Å². The van der Waals surface area contributed by atoms with Gasteiger partial charge in [0, 0.05) is 5.38 Å². The molecule has 8 heteroatoms. The number of carbonyl (C=O) groups is 1. The summed E-state index contributed by atoms with van der Waals surface area (Å²) < 4.78 is 24.6. The molecule has 1 amide bonds.